The number of nitrogens with zero attached hydrogens (tertiary/aromatic N) is 1. The summed E-state index contributed by atoms with van der Waals surface area (Å²) >= 11 is 0. The molecular weight excluding hydrogens is 214 g/mol. The number of amides is 1. The SMILES string of the molecule is CC(=O)N1CCOC1CC(C)CCC=C(C)C. The summed E-state index contributed by atoms with van der Waals surface area (Å²) in [6.45, 7) is 9.55. The van der Waals surface area contributed by atoms with Crippen molar-refractivity contribution in [3.8, 4) is 0 Å². The van der Waals surface area contributed by atoms with E-state index in [0.29, 0.717) is 12.5 Å². The predicted molar refractivity (Wildman–Crippen MR) is 69.6 cm³/mol. The van der Waals surface area contributed by atoms with Gasteiger partial charge in [-0.05, 0) is 39.0 Å². The molecule has 1 fully saturated rings. The van der Waals surface area contributed by atoms with Crippen LogP contribution in [0, 0.1) is 5.92 Å². The van der Waals surface area contributed by atoms with Gasteiger partial charge in [-0.3, -0.25) is 4.79 Å². The van der Waals surface area contributed by atoms with Gasteiger partial charge in [0, 0.05) is 13.5 Å². The molecule has 3 nitrogen and oxygen atoms in total. The van der Waals surface area contributed by atoms with Crippen molar-refractivity contribution in [2.24, 2.45) is 5.92 Å². The normalized spacial score (nSPS) is 21.4. The molecule has 0 aromatic rings. The number of hydrogen-bond donors (Lipinski definition) is 0. The molecule has 1 aliphatic rings. The summed E-state index contributed by atoms with van der Waals surface area (Å²) in [6.07, 6.45) is 5.52. The molecular formula is C14H25NO2. The van der Waals surface area contributed by atoms with E-state index >= 15 is 0 Å². The van der Waals surface area contributed by atoms with Crippen molar-refractivity contribution in [3.05, 3.63) is 11.6 Å². The van der Waals surface area contributed by atoms with Crippen molar-refractivity contribution in [2.45, 2.75) is 53.2 Å². The zero-order chi connectivity index (χ0) is 12.8. The van der Waals surface area contributed by atoms with Crippen LogP contribution in [0.1, 0.15) is 47.0 Å². The first-order valence-corrected chi connectivity index (χ1v) is 6.53. The minimum atomic E-state index is 0.00852. The van der Waals surface area contributed by atoms with E-state index in [1.165, 1.54) is 5.57 Å². The first-order valence-electron chi connectivity index (χ1n) is 6.53. The molecule has 1 aliphatic heterocycles. The quantitative estimate of drug-likeness (QED) is 0.690. The molecule has 0 aliphatic carbocycles. The van der Waals surface area contributed by atoms with E-state index in [4.69, 9.17) is 4.74 Å². The lowest BCUT2D eigenvalue weighted by Crippen LogP contribution is -2.35. The minimum Gasteiger partial charge on any atom is -0.356 e. The Balaban J connectivity index is 2.32. The number of carbonyl (C=O) groups excluding carboxylic acids is 1. The summed E-state index contributed by atoms with van der Waals surface area (Å²) in [6, 6.07) is 0. The molecule has 2 atom stereocenters. The van der Waals surface area contributed by atoms with E-state index in [2.05, 4.69) is 26.8 Å². The highest BCUT2D eigenvalue weighted by Gasteiger charge is 2.28. The van der Waals surface area contributed by atoms with E-state index in [-0.39, 0.29) is 12.1 Å². The smallest absolute Gasteiger partial charge is 0.221 e. The van der Waals surface area contributed by atoms with Crippen LogP contribution in [0.2, 0.25) is 0 Å². The second-order valence-corrected chi connectivity index (χ2v) is 5.24. The summed E-state index contributed by atoms with van der Waals surface area (Å²) in [4.78, 5) is 13.2. The first-order chi connectivity index (χ1) is 8.00. The first kappa shape index (κ1) is 14.2. The molecule has 0 aromatic heterocycles. The summed E-state index contributed by atoms with van der Waals surface area (Å²) in [7, 11) is 0. The maximum absolute atomic E-state index is 11.4. The van der Waals surface area contributed by atoms with E-state index < -0.39 is 0 Å². The second kappa shape index (κ2) is 6.80. The zero-order valence-corrected chi connectivity index (χ0v) is 11.5. The van der Waals surface area contributed by atoms with E-state index in [9.17, 15) is 4.79 Å². The van der Waals surface area contributed by atoms with Crippen LogP contribution in [0.4, 0.5) is 0 Å². The molecule has 1 rings (SSSR count). The molecule has 0 bridgehead atoms. The van der Waals surface area contributed by atoms with Gasteiger partial charge in [-0.15, -0.1) is 0 Å². The molecule has 1 heterocycles. The lowest BCUT2D eigenvalue weighted by Gasteiger charge is -2.24. The maximum Gasteiger partial charge on any atom is 0.221 e. The highest BCUT2D eigenvalue weighted by molar-refractivity contribution is 5.73. The highest BCUT2D eigenvalue weighted by atomic mass is 16.5. The van der Waals surface area contributed by atoms with Gasteiger partial charge in [-0.25, -0.2) is 0 Å². The van der Waals surface area contributed by atoms with Crippen molar-refractivity contribution < 1.29 is 9.53 Å². The summed E-state index contributed by atoms with van der Waals surface area (Å²) in [5.74, 6) is 0.722. The highest BCUT2D eigenvalue weighted by Crippen LogP contribution is 2.21. The Hall–Kier alpha value is -0.830. The number of allylic oxidation sites excluding steroid dienone is 2. The number of carbonyl (C=O) groups is 1. The molecule has 1 saturated heterocycles. The van der Waals surface area contributed by atoms with Gasteiger partial charge in [0.1, 0.15) is 6.23 Å². The fourth-order valence-electron chi connectivity index (χ4n) is 2.20. The Morgan fingerprint density at radius 2 is 2.18 bits per heavy atom. The van der Waals surface area contributed by atoms with E-state index in [1.807, 2.05) is 4.90 Å². The largest absolute Gasteiger partial charge is 0.356 e. The average Bonchev–Trinajstić information content (AvgIpc) is 2.65. The van der Waals surface area contributed by atoms with Gasteiger partial charge in [-0.2, -0.15) is 0 Å². The molecule has 98 valence electrons. The van der Waals surface area contributed by atoms with Crippen LogP contribution in [-0.2, 0) is 9.53 Å². The van der Waals surface area contributed by atoms with Crippen LogP contribution < -0.4 is 0 Å². The average molecular weight is 239 g/mol. The third kappa shape index (κ3) is 4.90. The van der Waals surface area contributed by atoms with Crippen LogP contribution >= 0.6 is 0 Å². The van der Waals surface area contributed by atoms with Crippen LogP contribution in [0.15, 0.2) is 11.6 Å². The summed E-state index contributed by atoms with van der Waals surface area (Å²) in [5.41, 5.74) is 1.37. The van der Waals surface area contributed by atoms with Crippen molar-refractivity contribution >= 4 is 5.91 Å². The molecule has 3 heteroatoms. The third-order valence-corrected chi connectivity index (χ3v) is 3.21. The lowest BCUT2D eigenvalue weighted by molar-refractivity contribution is -0.134. The Morgan fingerprint density at radius 3 is 2.76 bits per heavy atom. The van der Waals surface area contributed by atoms with Gasteiger partial charge in [0.15, 0.2) is 0 Å². The number of hydrogen-bond acceptors (Lipinski definition) is 2. The van der Waals surface area contributed by atoms with Crippen LogP contribution in [0.5, 0.6) is 0 Å². The third-order valence-electron chi connectivity index (χ3n) is 3.21. The van der Waals surface area contributed by atoms with E-state index in [0.717, 1.165) is 25.8 Å². The van der Waals surface area contributed by atoms with Gasteiger partial charge >= 0.3 is 0 Å². The number of ether oxygens (including phenoxy) is 1. The molecule has 1 amide bonds. The summed E-state index contributed by atoms with van der Waals surface area (Å²) in [5, 5.41) is 0. The monoisotopic (exact) mass is 239 g/mol. The van der Waals surface area contributed by atoms with Gasteiger partial charge in [0.2, 0.25) is 5.91 Å². The molecule has 0 spiro atoms. The molecule has 0 N–H and O–H groups in total. The standard InChI is InChI=1S/C14H25NO2/c1-11(2)6-5-7-12(3)10-14-15(13(4)16)8-9-17-14/h6,12,14H,5,7-10H2,1-4H3. The Kier molecular flexibility index (Phi) is 5.69. The van der Waals surface area contributed by atoms with Crippen molar-refractivity contribution in [3.63, 3.8) is 0 Å². The summed E-state index contributed by atoms with van der Waals surface area (Å²) < 4.78 is 5.61. The van der Waals surface area contributed by atoms with E-state index in [1.54, 1.807) is 6.92 Å². The number of rotatable bonds is 5. The molecule has 0 saturated carbocycles. The Labute approximate surface area is 105 Å². The molecule has 2 unspecified atom stereocenters. The fraction of sp³-hybridized carbons (Fsp3) is 0.786. The second-order valence-electron chi connectivity index (χ2n) is 5.24. The topological polar surface area (TPSA) is 29.5 Å². The van der Waals surface area contributed by atoms with Crippen molar-refractivity contribution in [1.29, 1.82) is 0 Å². The fourth-order valence-corrected chi connectivity index (χ4v) is 2.20. The van der Waals surface area contributed by atoms with Gasteiger partial charge in [0.05, 0.1) is 6.61 Å². The Morgan fingerprint density at radius 1 is 1.47 bits per heavy atom. The van der Waals surface area contributed by atoms with Crippen LogP contribution in [0.3, 0.4) is 0 Å². The minimum absolute atomic E-state index is 0.00852. The molecule has 0 aromatic carbocycles. The van der Waals surface area contributed by atoms with Crippen LogP contribution in [-0.4, -0.2) is 30.2 Å². The lowest BCUT2D eigenvalue weighted by atomic mass is 10.00. The maximum atomic E-state index is 11.4. The van der Waals surface area contributed by atoms with Gasteiger partial charge in [0.25, 0.3) is 0 Å². The van der Waals surface area contributed by atoms with Crippen LogP contribution in [0.25, 0.3) is 0 Å². The zero-order valence-electron chi connectivity index (χ0n) is 11.5. The van der Waals surface area contributed by atoms with Gasteiger partial charge in [-0.1, -0.05) is 18.6 Å². The predicted octanol–water partition coefficient (Wildman–Crippen LogP) is 2.96. The van der Waals surface area contributed by atoms with Crippen molar-refractivity contribution in [2.75, 3.05) is 13.2 Å². The molecule has 0 radical (unpaired) electrons. The van der Waals surface area contributed by atoms with Gasteiger partial charge < -0.3 is 9.64 Å². The van der Waals surface area contributed by atoms with Crippen molar-refractivity contribution in [1.82, 2.24) is 4.90 Å². The molecule has 17 heavy (non-hydrogen) atoms. The Bertz CT molecular complexity index is 282.